The van der Waals surface area contributed by atoms with Gasteiger partial charge >= 0.3 is 0 Å². The first-order valence-corrected chi connectivity index (χ1v) is 4.57. The fraction of sp³-hybridized carbons (Fsp3) is 0. The van der Waals surface area contributed by atoms with E-state index in [2.05, 4.69) is 0 Å². The second kappa shape index (κ2) is 2.18. The van der Waals surface area contributed by atoms with Crippen molar-refractivity contribution in [3.8, 4) is 0 Å². The molecule has 50 valence electrons. The lowest BCUT2D eigenvalue weighted by Gasteiger charge is -1.75. The second-order valence-corrected chi connectivity index (χ2v) is 3.98. The van der Waals surface area contributed by atoms with Crippen molar-refractivity contribution < 1.29 is 4.79 Å². The number of hydrogen-bond acceptors (Lipinski definition) is 3. The van der Waals surface area contributed by atoms with Crippen LogP contribution in [0, 0.1) is 0 Å². The lowest BCUT2D eigenvalue weighted by Crippen LogP contribution is -1.68. The number of hydrogen-bond donors (Lipinski definition) is 0. The summed E-state index contributed by atoms with van der Waals surface area (Å²) >= 11 is 3.32. The van der Waals surface area contributed by atoms with Gasteiger partial charge in [-0.05, 0) is 11.4 Å². The van der Waals surface area contributed by atoms with E-state index in [0.29, 0.717) is 0 Å². The van der Waals surface area contributed by atoms with E-state index in [-0.39, 0.29) is 0 Å². The van der Waals surface area contributed by atoms with Crippen molar-refractivity contribution in [2.45, 2.75) is 0 Å². The van der Waals surface area contributed by atoms with Crippen LogP contribution in [0.5, 0.6) is 0 Å². The predicted octanol–water partition coefficient (Wildman–Crippen LogP) is 2.78. The van der Waals surface area contributed by atoms with Crippen molar-refractivity contribution in [2.75, 3.05) is 0 Å². The average molecular weight is 168 g/mol. The molecule has 3 heteroatoms. The van der Waals surface area contributed by atoms with Crippen molar-refractivity contribution in [1.82, 2.24) is 0 Å². The van der Waals surface area contributed by atoms with E-state index in [1.807, 2.05) is 16.8 Å². The summed E-state index contributed by atoms with van der Waals surface area (Å²) in [5, 5.41) is 5.01. The molecule has 2 rings (SSSR count). The minimum Gasteiger partial charge on any atom is -0.298 e. The molecule has 0 spiro atoms. The van der Waals surface area contributed by atoms with Crippen LogP contribution in [0.25, 0.3) is 9.40 Å². The second-order valence-electron chi connectivity index (χ2n) is 1.93. The molecule has 2 aromatic heterocycles. The van der Waals surface area contributed by atoms with Crippen molar-refractivity contribution in [3.63, 3.8) is 0 Å². The lowest BCUT2D eigenvalue weighted by atomic mass is 10.3. The van der Waals surface area contributed by atoms with Gasteiger partial charge in [-0.2, -0.15) is 0 Å². The van der Waals surface area contributed by atoms with E-state index in [0.717, 1.165) is 17.2 Å². The van der Waals surface area contributed by atoms with E-state index in [4.69, 9.17) is 0 Å². The van der Waals surface area contributed by atoms with Crippen LogP contribution >= 0.6 is 22.7 Å². The maximum atomic E-state index is 10.4. The lowest BCUT2D eigenvalue weighted by molar-refractivity contribution is 0.112. The van der Waals surface area contributed by atoms with Gasteiger partial charge in [0.15, 0.2) is 6.29 Å². The molecule has 0 aliphatic heterocycles. The van der Waals surface area contributed by atoms with Gasteiger partial charge in [0.2, 0.25) is 0 Å². The summed E-state index contributed by atoms with van der Waals surface area (Å²) < 4.78 is 1.24. The summed E-state index contributed by atoms with van der Waals surface area (Å²) in [4.78, 5) is 10.4. The molecule has 1 nitrogen and oxygen atoms in total. The van der Waals surface area contributed by atoms with Gasteiger partial charge in [0.1, 0.15) is 0 Å². The SMILES string of the molecule is O=Cc1csc2sccc12. The largest absolute Gasteiger partial charge is 0.298 e. The Bertz CT molecular complexity index is 358. The summed E-state index contributed by atoms with van der Waals surface area (Å²) in [7, 11) is 0. The zero-order valence-corrected chi connectivity index (χ0v) is 6.67. The molecule has 0 radical (unpaired) electrons. The Hall–Kier alpha value is -0.670. The van der Waals surface area contributed by atoms with Gasteiger partial charge < -0.3 is 0 Å². The highest BCUT2D eigenvalue weighted by molar-refractivity contribution is 7.37. The molecule has 0 amide bonds. The number of fused-ring (bicyclic) bond motifs is 1. The fourth-order valence-corrected chi connectivity index (χ4v) is 2.78. The highest BCUT2D eigenvalue weighted by Gasteiger charge is 2.01. The van der Waals surface area contributed by atoms with Crippen molar-refractivity contribution in [3.05, 3.63) is 22.4 Å². The van der Waals surface area contributed by atoms with Crippen LogP contribution in [0.1, 0.15) is 10.4 Å². The van der Waals surface area contributed by atoms with Gasteiger partial charge in [-0.15, -0.1) is 22.7 Å². The van der Waals surface area contributed by atoms with Gasteiger partial charge in [0.25, 0.3) is 0 Å². The van der Waals surface area contributed by atoms with Crippen molar-refractivity contribution >= 4 is 38.4 Å². The Kier molecular flexibility index (Phi) is 1.32. The van der Waals surface area contributed by atoms with Crippen LogP contribution in [-0.4, -0.2) is 6.29 Å². The maximum absolute atomic E-state index is 10.4. The van der Waals surface area contributed by atoms with Crippen LogP contribution in [0.3, 0.4) is 0 Å². The first-order valence-electron chi connectivity index (χ1n) is 2.81. The average Bonchev–Trinajstić information content (AvgIpc) is 2.44. The Morgan fingerprint density at radius 2 is 2.30 bits per heavy atom. The Morgan fingerprint density at radius 1 is 1.40 bits per heavy atom. The van der Waals surface area contributed by atoms with E-state index in [9.17, 15) is 4.79 Å². The quantitative estimate of drug-likeness (QED) is 0.598. The van der Waals surface area contributed by atoms with Crippen molar-refractivity contribution in [2.24, 2.45) is 0 Å². The van der Waals surface area contributed by atoms with Gasteiger partial charge in [0.05, 0.1) is 4.01 Å². The van der Waals surface area contributed by atoms with Crippen LogP contribution < -0.4 is 0 Å². The summed E-state index contributed by atoms with van der Waals surface area (Å²) in [6, 6.07) is 1.99. The topological polar surface area (TPSA) is 17.1 Å². The monoisotopic (exact) mass is 168 g/mol. The van der Waals surface area contributed by atoms with Gasteiger partial charge in [-0.1, -0.05) is 0 Å². The molecule has 0 fully saturated rings. The molecule has 2 aromatic rings. The summed E-state index contributed by atoms with van der Waals surface area (Å²) in [6.45, 7) is 0. The zero-order chi connectivity index (χ0) is 6.97. The van der Waals surface area contributed by atoms with Gasteiger partial charge in [-0.3, -0.25) is 4.79 Å². The molecule has 0 bridgehead atoms. The normalized spacial score (nSPS) is 10.4. The number of thiophene rings is 2. The highest BCUT2D eigenvalue weighted by Crippen LogP contribution is 2.29. The molecule has 0 saturated carbocycles. The molecule has 0 unspecified atom stereocenters. The summed E-state index contributed by atoms with van der Waals surface area (Å²) in [6.07, 6.45) is 0.908. The first kappa shape index (κ1) is 6.07. The Morgan fingerprint density at radius 3 is 3.10 bits per heavy atom. The molecule has 0 aliphatic carbocycles. The number of rotatable bonds is 1. The standard InChI is InChI=1S/C7H4OS2/c8-3-5-4-10-7-6(5)1-2-9-7/h1-4H. The van der Waals surface area contributed by atoms with Crippen molar-refractivity contribution in [1.29, 1.82) is 0 Å². The molecule has 0 saturated heterocycles. The summed E-state index contributed by atoms with van der Waals surface area (Å²) in [5.41, 5.74) is 0.821. The minimum atomic E-state index is 0.821. The molecular formula is C7H4OS2. The minimum absolute atomic E-state index is 0.821. The first-order chi connectivity index (χ1) is 4.92. The molecule has 0 aromatic carbocycles. The Labute approximate surface area is 65.9 Å². The zero-order valence-electron chi connectivity index (χ0n) is 5.03. The molecule has 10 heavy (non-hydrogen) atoms. The van der Waals surface area contributed by atoms with E-state index < -0.39 is 0 Å². The number of aldehydes is 1. The fourth-order valence-electron chi connectivity index (χ4n) is 0.872. The van der Waals surface area contributed by atoms with Crippen LogP contribution in [-0.2, 0) is 0 Å². The molecule has 0 N–H and O–H groups in total. The molecule has 0 atom stereocenters. The third-order valence-corrected chi connectivity index (χ3v) is 3.45. The molecular weight excluding hydrogens is 164 g/mol. The number of carbonyl (C=O) groups excluding carboxylic acids is 1. The number of carbonyl (C=O) groups is 1. The predicted molar refractivity (Wildman–Crippen MR) is 45.1 cm³/mol. The third-order valence-electron chi connectivity index (χ3n) is 1.36. The summed E-state index contributed by atoms with van der Waals surface area (Å²) in [5.74, 6) is 0. The van der Waals surface area contributed by atoms with Gasteiger partial charge in [0, 0.05) is 16.3 Å². The van der Waals surface area contributed by atoms with Crippen LogP contribution in [0.4, 0.5) is 0 Å². The molecule has 2 heterocycles. The van der Waals surface area contributed by atoms with Crippen LogP contribution in [0.2, 0.25) is 0 Å². The smallest absolute Gasteiger partial charge is 0.151 e. The van der Waals surface area contributed by atoms with E-state index in [1.165, 1.54) is 4.01 Å². The highest BCUT2D eigenvalue weighted by atomic mass is 32.2. The van der Waals surface area contributed by atoms with Crippen LogP contribution in [0.15, 0.2) is 16.8 Å². The molecule has 0 aliphatic rings. The maximum Gasteiger partial charge on any atom is 0.151 e. The van der Waals surface area contributed by atoms with Gasteiger partial charge in [-0.25, -0.2) is 0 Å². The third kappa shape index (κ3) is 0.711. The Balaban J connectivity index is 2.88. The van der Waals surface area contributed by atoms with E-state index in [1.54, 1.807) is 22.7 Å². The van der Waals surface area contributed by atoms with E-state index >= 15 is 0 Å².